The number of ether oxygens (including phenoxy) is 2. The van der Waals surface area contributed by atoms with E-state index in [-0.39, 0.29) is 6.42 Å². The second kappa shape index (κ2) is 12.2. The number of nitrogens with one attached hydrogen (secondary N) is 1. The van der Waals surface area contributed by atoms with Gasteiger partial charge in [0.15, 0.2) is 0 Å². The molecule has 0 saturated carbocycles. The molecule has 0 aromatic heterocycles. The van der Waals surface area contributed by atoms with E-state index in [1.54, 1.807) is 0 Å². The van der Waals surface area contributed by atoms with Crippen molar-refractivity contribution in [1.29, 1.82) is 0 Å². The van der Waals surface area contributed by atoms with Gasteiger partial charge < -0.3 is 19.9 Å². The summed E-state index contributed by atoms with van der Waals surface area (Å²) in [5, 5.41) is 12.4. The molecule has 2 N–H and O–H groups in total. The fraction of sp³-hybridized carbons (Fsp3) is 0.345. The van der Waals surface area contributed by atoms with Crippen LogP contribution in [0.4, 0.5) is 5.69 Å². The van der Waals surface area contributed by atoms with E-state index in [0.29, 0.717) is 32.8 Å². The highest BCUT2D eigenvalue weighted by atomic mass is 16.5. The molecule has 5 heteroatoms. The molecule has 0 spiro atoms. The van der Waals surface area contributed by atoms with Gasteiger partial charge in [0.25, 0.3) is 0 Å². The molecule has 3 rings (SSSR count). The van der Waals surface area contributed by atoms with E-state index >= 15 is 0 Å². The van der Waals surface area contributed by atoms with Gasteiger partial charge in [0.2, 0.25) is 0 Å². The highest BCUT2D eigenvalue weighted by molar-refractivity contribution is 5.72. The molecule has 0 bridgehead atoms. The third-order valence-corrected chi connectivity index (χ3v) is 5.87. The van der Waals surface area contributed by atoms with Crippen molar-refractivity contribution in [3.05, 3.63) is 82.4 Å². The predicted octanol–water partition coefficient (Wildman–Crippen LogP) is 6.32. The first kappa shape index (κ1) is 25.3. The molecule has 3 aromatic carbocycles. The molecule has 180 valence electrons. The Bertz CT molecular complexity index is 1100. The van der Waals surface area contributed by atoms with E-state index in [1.807, 2.05) is 26.0 Å². The average molecular weight is 462 g/mol. The number of benzene rings is 3. The Morgan fingerprint density at radius 1 is 0.941 bits per heavy atom. The Labute approximate surface area is 202 Å². The minimum atomic E-state index is -0.768. The molecular formula is C29H35NO4. The smallest absolute Gasteiger partial charge is 0.303 e. The van der Waals surface area contributed by atoms with Crippen molar-refractivity contribution in [2.45, 2.75) is 47.1 Å². The largest absolute Gasteiger partial charge is 0.491 e. The summed E-state index contributed by atoms with van der Waals surface area (Å²) < 4.78 is 11.2. The Morgan fingerprint density at radius 2 is 1.71 bits per heavy atom. The first-order chi connectivity index (χ1) is 16.4. The van der Waals surface area contributed by atoms with Crippen molar-refractivity contribution in [1.82, 2.24) is 0 Å². The molecule has 0 amide bonds. The maximum atomic E-state index is 10.8. The standard InChI is InChI=1S/C29H35NO4/c1-5-33-13-14-34-27-16-21(3)29(22(4)17-27)25-8-6-7-23(18-25)19-30-26-11-9-24(20(2)15-26)10-12-28(31)32/h6-9,11,15-18,30H,5,10,12-14,19H2,1-4H3,(H,31,32). The molecular weight excluding hydrogens is 426 g/mol. The number of hydrogen-bond acceptors (Lipinski definition) is 4. The average Bonchev–Trinajstić information content (AvgIpc) is 2.80. The molecule has 0 heterocycles. The molecule has 5 nitrogen and oxygen atoms in total. The first-order valence-corrected chi connectivity index (χ1v) is 11.8. The van der Waals surface area contributed by atoms with Gasteiger partial charge >= 0.3 is 5.97 Å². The third kappa shape index (κ3) is 7.09. The van der Waals surface area contributed by atoms with E-state index in [2.05, 4.69) is 61.6 Å². The lowest BCUT2D eigenvalue weighted by atomic mass is 9.94. The summed E-state index contributed by atoms with van der Waals surface area (Å²) in [7, 11) is 0. The zero-order chi connectivity index (χ0) is 24.5. The molecule has 0 saturated heterocycles. The lowest BCUT2D eigenvalue weighted by Gasteiger charge is -2.15. The maximum Gasteiger partial charge on any atom is 0.303 e. The topological polar surface area (TPSA) is 67.8 Å². The van der Waals surface area contributed by atoms with Crippen molar-refractivity contribution in [3.63, 3.8) is 0 Å². The number of carbonyl (C=O) groups is 1. The number of aliphatic carboxylic acids is 1. The Kier molecular flexibility index (Phi) is 9.11. The summed E-state index contributed by atoms with van der Waals surface area (Å²) in [6.45, 7) is 10.8. The van der Waals surface area contributed by atoms with Crippen LogP contribution in [0.15, 0.2) is 54.6 Å². The highest BCUT2D eigenvalue weighted by Crippen LogP contribution is 2.31. The van der Waals surface area contributed by atoms with Gasteiger partial charge in [-0.1, -0.05) is 24.3 Å². The summed E-state index contributed by atoms with van der Waals surface area (Å²) in [5.74, 6) is 0.106. The van der Waals surface area contributed by atoms with Crippen LogP contribution in [0.3, 0.4) is 0 Å². The summed E-state index contributed by atoms with van der Waals surface area (Å²) in [6.07, 6.45) is 0.707. The fourth-order valence-corrected chi connectivity index (χ4v) is 4.19. The van der Waals surface area contributed by atoms with Gasteiger partial charge in [0.1, 0.15) is 12.4 Å². The van der Waals surface area contributed by atoms with Crippen LogP contribution in [0, 0.1) is 20.8 Å². The number of anilines is 1. The minimum absolute atomic E-state index is 0.152. The molecule has 34 heavy (non-hydrogen) atoms. The maximum absolute atomic E-state index is 10.8. The molecule has 0 fully saturated rings. The Balaban J connectivity index is 1.68. The second-order valence-electron chi connectivity index (χ2n) is 8.57. The van der Waals surface area contributed by atoms with E-state index in [0.717, 1.165) is 22.6 Å². The van der Waals surface area contributed by atoms with Gasteiger partial charge in [-0.15, -0.1) is 0 Å². The summed E-state index contributed by atoms with van der Waals surface area (Å²) in [6, 6.07) is 18.9. The summed E-state index contributed by atoms with van der Waals surface area (Å²) in [4.78, 5) is 10.8. The highest BCUT2D eigenvalue weighted by Gasteiger charge is 2.10. The van der Waals surface area contributed by atoms with Crippen LogP contribution >= 0.6 is 0 Å². The fourth-order valence-electron chi connectivity index (χ4n) is 4.19. The number of carboxylic acids is 1. The SMILES string of the molecule is CCOCCOc1cc(C)c(-c2cccc(CNc3ccc(CCC(=O)O)c(C)c3)c2)c(C)c1. The van der Waals surface area contributed by atoms with Gasteiger partial charge in [-0.05, 0) is 103 Å². The normalized spacial score (nSPS) is 10.8. The third-order valence-electron chi connectivity index (χ3n) is 5.87. The van der Waals surface area contributed by atoms with E-state index in [9.17, 15) is 4.79 Å². The van der Waals surface area contributed by atoms with E-state index in [4.69, 9.17) is 14.6 Å². The van der Waals surface area contributed by atoms with Gasteiger partial charge in [0.05, 0.1) is 6.61 Å². The van der Waals surface area contributed by atoms with Gasteiger partial charge in [-0.25, -0.2) is 0 Å². The van der Waals surface area contributed by atoms with Gasteiger partial charge in [-0.3, -0.25) is 4.79 Å². The molecule has 0 aliphatic rings. The van der Waals surface area contributed by atoms with Crippen molar-refractivity contribution in [3.8, 4) is 16.9 Å². The number of rotatable bonds is 12. The number of aryl methyl sites for hydroxylation is 4. The van der Waals surface area contributed by atoms with Crippen molar-refractivity contribution in [2.24, 2.45) is 0 Å². The van der Waals surface area contributed by atoms with E-state index in [1.165, 1.54) is 27.8 Å². The van der Waals surface area contributed by atoms with E-state index < -0.39 is 5.97 Å². The molecule has 0 atom stereocenters. The van der Waals surface area contributed by atoms with Crippen molar-refractivity contribution < 1.29 is 19.4 Å². The summed E-state index contributed by atoms with van der Waals surface area (Å²) >= 11 is 0. The Morgan fingerprint density at radius 3 is 2.38 bits per heavy atom. The predicted molar refractivity (Wildman–Crippen MR) is 138 cm³/mol. The van der Waals surface area contributed by atoms with Gasteiger partial charge in [-0.2, -0.15) is 0 Å². The molecule has 0 unspecified atom stereocenters. The number of carboxylic acid groups (broad SMARTS) is 1. The molecule has 0 aliphatic heterocycles. The van der Waals surface area contributed by atoms with Crippen molar-refractivity contribution in [2.75, 3.05) is 25.1 Å². The zero-order valence-electron chi connectivity index (χ0n) is 20.6. The van der Waals surface area contributed by atoms with Crippen LogP contribution in [-0.4, -0.2) is 30.9 Å². The van der Waals surface area contributed by atoms with Crippen LogP contribution in [-0.2, 0) is 22.5 Å². The quantitative estimate of drug-likeness (QED) is 0.309. The lowest BCUT2D eigenvalue weighted by molar-refractivity contribution is -0.136. The molecule has 0 aliphatic carbocycles. The Hall–Kier alpha value is -3.31. The molecule has 3 aromatic rings. The lowest BCUT2D eigenvalue weighted by Crippen LogP contribution is -2.06. The number of hydrogen-bond donors (Lipinski definition) is 2. The zero-order valence-corrected chi connectivity index (χ0v) is 20.6. The van der Waals surface area contributed by atoms with Crippen LogP contribution < -0.4 is 10.1 Å². The first-order valence-electron chi connectivity index (χ1n) is 11.8. The molecule has 0 radical (unpaired) electrons. The van der Waals surface area contributed by atoms with Crippen LogP contribution in [0.1, 0.15) is 41.2 Å². The van der Waals surface area contributed by atoms with Crippen LogP contribution in [0.5, 0.6) is 5.75 Å². The second-order valence-corrected chi connectivity index (χ2v) is 8.57. The van der Waals surface area contributed by atoms with Gasteiger partial charge in [0, 0.05) is 25.3 Å². The van der Waals surface area contributed by atoms with Crippen LogP contribution in [0.25, 0.3) is 11.1 Å². The van der Waals surface area contributed by atoms with Crippen LogP contribution in [0.2, 0.25) is 0 Å². The minimum Gasteiger partial charge on any atom is -0.491 e. The monoisotopic (exact) mass is 461 g/mol. The summed E-state index contributed by atoms with van der Waals surface area (Å²) in [5.41, 5.74) is 9.20. The van der Waals surface area contributed by atoms with Crippen molar-refractivity contribution >= 4 is 11.7 Å².